The lowest BCUT2D eigenvalue weighted by Crippen LogP contribution is -2.37. The molecule has 2 aromatic heterocycles. The van der Waals surface area contributed by atoms with Crippen LogP contribution in [0.25, 0.3) is 11.0 Å². The van der Waals surface area contributed by atoms with Gasteiger partial charge in [-0.1, -0.05) is 6.92 Å². The number of rotatable bonds is 5. The van der Waals surface area contributed by atoms with E-state index in [1.54, 1.807) is 22.8 Å². The van der Waals surface area contributed by atoms with Gasteiger partial charge < -0.3 is 10.0 Å². The second-order valence-corrected chi connectivity index (χ2v) is 4.48. The number of aromatic nitrogens is 4. The van der Waals surface area contributed by atoms with E-state index >= 15 is 0 Å². The van der Waals surface area contributed by atoms with Crippen molar-refractivity contribution in [2.45, 2.75) is 26.3 Å². The van der Waals surface area contributed by atoms with Gasteiger partial charge in [-0.05, 0) is 13.3 Å². The molecule has 0 saturated heterocycles. The van der Waals surface area contributed by atoms with E-state index in [-0.39, 0.29) is 12.6 Å². The summed E-state index contributed by atoms with van der Waals surface area (Å²) in [7, 11) is 1.80. The third kappa shape index (κ3) is 2.49. The van der Waals surface area contributed by atoms with Gasteiger partial charge in [0.15, 0.2) is 5.65 Å². The van der Waals surface area contributed by atoms with Crippen molar-refractivity contribution in [3.8, 4) is 0 Å². The molecule has 0 saturated carbocycles. The Labute approximate surface area is 110 Å². The number of fused-ring (bicyclic) bond motifs is 1. The molecule has 0 aromatic carbocycles. The summed E-state index contributed by atoms with van der Waals surface area (Å²) in [6.07, 6.45) is 3.94. The van der Waals surface area contributed by atoms with Gasteiger partial charge in [0.2, 0.25) is 0 Å². The predicted molar refractivity (Wildman–Crippen MR) is 71.0 cm³/mol. The SMILES string of the molecule is CCC(C)N(CC(=O)O)c1ncnc2c1cnn2C. The van der Waals surface area contributed by atoms with Crippen molar-refractivity contribution >= 4 is 22.8 Å². The van der Waals surface area contributed by atoms with E-state index in [1.165, 1.54) is 6.33 Å². The maximum Gasteiger partial charge on any atom is 0.323 e. The minimum atomic E-state index is -0.879. The van der Waals surface area contributed by atoms with Crippen molar-refractivity contribution in [2.75, 3.05) is 11.4 Å². The molecule has 0 aliphatic carbocycles. The number of carbonyl (C=O) groups is 1. The maximum atomic E-state index is 11.0. The first-order chi connectivity index (χ1) is 9.04. The fraction of sp³-hybridized carbons (Fsp3) is 0.500. The van der Waals surface area contributed by atoms with Crippen LogP contribution < -0.4 is 4.90 Å². The van der Waals surface area contributed by atoms with E-state index in [4.69, 9.17) is 5.11 Å². The minimum absolute atomic E-state index is 0.0782. The Hall–Kier alpha value is -2.18. The Balaban J connectivity index is 2.52. The maximum absolute atomic E-state index is 11.0. The zero-order valence-corrected chi connectivity index (χ0v) is 11.2. The Bertz CT molecular complexity index is 595. The summed E-state index contributed by atoms with van der Waals surface area (Å²) < 4.78 is 1.65. The normalized spacial score (nSPS) is 12.6. The van der Waals surface area contributed by atoms with Gasteiger partial charge in [0.1, 0.15) is 18.7 Å². The smallest absolute Gasteiger partial charge is 0.323 e. The highest BCUT2D eigenvalue weighted by atomic mass is 16.4. The zero-order valence-electron chi connectivity index (χ0n) is 11.2. The van der Waals surface area contributed by atoms with Crippen molar-refractivity contribution in [3.63, 3.8) is 0 Å². The molecule has 7 nitrogen and oxygen atoms in total. The van der Waals surface area contributed by atoms with E-state index in [0.29, 0.717) is 11.5 Å². The minimum Gasteiger partial charge on any atom is -0.480 e. The predicted octanol–water partition coefficient (Wildman–Crippen LogP) is 1.05. The molecule has 1 unspecified atom stereocenters. The molecule has 2 heterocycles. The van der Waals surface area contributed by atoms with Gasteiger partial charge in [0, 0.05) is 13.1 Å². The summed E-state index contributed by atoms with van der Waals surface area (Å²) in [6, 6.07) is 0.0782. The molecule has 2 aromatic rings. The lowest BCUT2D eigenvalue weighted by Gasteiger charge is -2.28. The molecule has 0 fully saturated rings. The highest BCUT2D eigenvalue weighted by Gasteiger charge is 2.21. The molecule has 1 N–H and O–H groups in total. The Morgan fingerprint density at radius 1 is 1.53 bits per heavy atom. The van der Waals surface area contributed by atoms with Crippen LogP contribution in [0, 0.1) is 0 Å². The number of hydrogen-bond acceptors (Lipinski definition) is 5. The number of aryl methyl sites for hydroxylation is 1. The van der Waals surface area contributed by atoms with Crippen LogP contribution in [-0.4, -0.2) is 43.4 Å². The molecule has 19 heavy (non-hydrogen) atoms. The van der Waals surface area contributed by atoms with Crippen LogP contribution in [-0.2, 0) is 11.8 Å². The average Bonchev–Trinajstić information content (AvgIpc) is 2.77. The van der Waals surface area contributed by atoms with Gasteiger partial charge in [-0.25, -0.2) is 9.97 Å². The van der Waals surface area contributed by atoms with Gasteiger partial charge in [-0.15, -0.1) is 0 Å². The van der Waals surface area contributed by atoms with Crippen molar-refractivity contribution in [3.05, 3.63) is 12.5 Å². The molecule has 1 atom stereocenters. The number of nitrogens with zero attached hydrogens (tertiary/aromatic N) is 5. The van der Waals surface area contributed by atoms with Gasteiger partial charge in [0.05, 0.1) is 11.6 Å². The van der Waals surface area contributed by atoms with E-state index in [1.807, 2.05) is 13.8 Å². The Kier molecular flexibility index (Phi) is 3.64. The molecule has 2 rings (SSSR count). The molecule has 0 radical (unpaired) electrons. The van der Waals surface area contributed by atoms with Crippen molar-refractivity contribution in [1.29, 1.82) is 0 Å². The monoisotopic (exact) mass is 263 g/mol. The number of anilines is 1. The number of carboxylic acids is 1. The standard InChI is InChI=1S/C12H17N5O2/c1-4-8(2)17(6-10(18)19)12-9-5-15-16(3)11(9)13-7-14-12/h5,7-8H,4,6H2,1-3H3,(H,18,19). The van der Waals surface area contributed by atoms with Gasteiger partial charge >= 0.3 is 5.97 Å². The molecule has 102 valence electrons. The first-order valence-electron chi connectivity index (χ1n) is 6.15. The molecule has 0 bridgehead atoms. The summed E-state index contributed by atoms with van der Waals surface area (Å²) in [5, 5.41) is 14.0. The number of hydrogen-bond donors (Lipinski definition) is 1. The topological polar surface area (TPSA) is 84.1 Å². The number of aliphatic carboxylic acids is 1. The highest BCUT2D eigenvalue weighted by Crippen LogP contribution is 2.24. The fourth-order valence-corrected chi connectivity index (χ4v) is 1.98. The molecule has 0 spiro atoms. The zero-order chi connectivity index (χ0) is 14.0. The third-order valence-corrected chi connectivity index (χ3v) is 3.21. The lowest BCUT2D eigenvalue weighted by molar-refractivity contribution is -0.135. The van der Waals surface area contributed by atoms with Crippen LogP contribution in [0.4, 0.5) is 5.82 Å². The Morgan fingerprint density at radius 3 is 2.89 bits per heavy atom. The van der Waals surface area contributed by atoms with Crippen molar-refractivity contribution < 1.29 is 9.90 Å². The van der Waals surface area contributed by atoms with E-state index in [9.17, 15) is 4.79 Å². The highest BCUT2D eigenvalue weighted by molar-refractivity contribution is 5.88. The van der Waals surface area contributed by atoms with Crippen LogP contribution >= 0.6 is 0 Å². The summed E-state index contributed by atoms with van der Waals surface area (Å²) in [5.41, 5.74) is 0.698. The summed E-state index contributed by atoms with van der Waals surface area (Å²) >= 11 is 0. The van der Waals surface area contributed by atoms with E-state index < -0.39 is 5.97 Å². The van der Waals surface area contributed by atoms with Crippen LogP contribution in [0.3, 0.4) is 0 Å². The van der Waals surface area contributed by atoms with Crippen molar-refractivity contribution in [2.24, 2.45) is 7.05 Å². The summed E-state index contributed by atoms with van der Waals surface area (Å²) in [4.78, 5) is 21.2. The van der Waals surface area contributed by atoms with E-state index in [0.717, 1.165) is 11.8 Å². The number of carboxylic acid groups (broad SMARTS) is 1. The van der Waals surface area contributed by atoms with Crippen LogP contribution in [0.15, 0.2) is 12.5 Å². The lowest BCUT2D eigenvalue weighted by atomic mass is 10.2. The second kappa shape index (κ2) is 5.21. The second-order valence-electron chi connectivity index (χ2n) is 4.48. The van der Waals surface area contributed by atoms with Crippen LogP contribution in [0.2, 0.25) is 0 Å². The molecule has 0 amide bonds. The molecular formula is C12H17N5O2. The quantitative estimate of drug-likeness (QED) is 0.868. The molecule has 7 heteroatoms. The Morgan fingerprint density at radius 2 is 2.26 bits per heavy atom. The third-order valence-electron chi connectivity index (χ3n) is 3.21. The molecular weight excluding hydrogens is 246 g/mol. The molecule has 0 aliphatic heterocycles. The summed E-state index contributed by atoms with van der Waals surface area (Å²) in [6.45, 7) is 3.91. The van der Waals surface area contributed by atoms with Crippen molar-refractivity contribution in [1.82, 2.24) is 19.7 Å². The fourth-order valence-electron chi connectivity index (χ4n) is 1.98. The first kappa shape index (κ1) is 13.3. The van der Waals surface area contributed by atoms with Gasteiger partial charge in [-0.2, -0.15) is 5.10 Å². The molecule has 0 aliphatic rings. The van der Waals surface area contributed by atoms with Crippen LogP contribution in [0.1, 0.15) is 20.3 Å². The van der Waals surface area contributed by atoms with Gasteiger partial charge in [-0.3, -0.25) is 9.48 Å². The summed E-state index contributed by atoms with van der Waals surface area (Å²) in [5.74, 6) is -0.259. The largest absolute Gasteiger partial charge is 0.480 e. The average molecular weight is 263 g/mol. The van der Waals surface area contributed by atoms with Gasteiger partial charge in [0.25, 0.3) is 0 Å². The van der Waals surface area contributed by atoms with Crippen LogP contribution in [0.5, 0.6) is 0 Å². The first-order valence-corrected chi connectivity index (χ1v) is 6.15. The van der Waals surface area contributed by atoms with E-state index in [2.05, 4.69) is 15.1 Å².